The van der Waals surface area contributed by atoms with Crippen LogP contribution in [0.2, 0.25) is 0 Å². The molecule has 14 heteroatoms. The van der Waals surface area contributed by atoms with Crippen LogP contribution in [0.4, 0.5) is 0 Å². The van der Waals surface area contributed by atoms with Gasteiger partial charge in [0.1, 0.15) is 0 Å². The summed E-state index contributed by atoms with van der Waals surface area (Å²) in [5.74, 6) is -0.833. The molecule has 0 aliphatic carbocycles. The van der Waals surface area contributed by atoms with Crippen molar-refractivity contribution < 1.29 is 133 Å². The third kappa shape index (κ3) is 625. The number of hydrogen-bond acceptors (Lipinski definition) is 5. The van der Waals surface area contributed by atoms with E-state index in [1.54, 1.807) is 0 Å². The molecule has 0 unspecified atom stereocenters. The summed E-state index contributed by atoms with van der Waals surface area (Å²) in [7, 11) is -7.56. The van der Waals surface area contributed by atoms with Gasteiger partial charge in [0.05, 0.1) is 0 Å². The molecule has 80 valence electrons. The van der Waals surface area contributed by atoms with Crippen LogP contribution in [0.5, 0.6) is 0 Å². The molecule has 0 amide bonds. The summed E-state index contributed by atoms with van der Waals surface area (Å²) >= 11 is 0. The van der Waals surface area contributed by atoms with Gasteiger partial charge < -0.3 is 34.9 Å². The maximum absolute atomic E-state index is 9.00. The van der Waals surface area contributed by atoms with Crippen molar-refractivity contribution >= 4 is 21.1 Å². The zero-order valence-corrected chi connectivity index (χ0v) is 16.2. The number of carbonyl (C=O) groups is 1. The van der Waals surface area contributed by atoms with Crippen molar-refractivity contribution in [2.24, 2.45) is 0 Å². The topological polar surface area (TPSA) is 184 Å². The monoisotopic (exact) mass is 286 g/mol. The smallest absolute Gasteiger partial charge is 0.907 e. The van der Waals surface area contributed by atoms with Crippen molar-refractivity contribution in [1.29, 1.82) is 0 Å². The fourth-order valence-electron chi connectivity index (χ4n) is 0. The largest absolute Gasteiger partial charge is 1.00 e. The number of aliphatic carboxylic acids is 1. The molecular weight excluding hydrogens is 279 g/mol. The number of carboxylic acids is 1. The number of phosphoric acid groups is 1. The van der Waals surface area contributed by atoms with Crippen LogP contribution in [0.3, 0.4) is 0 Å². The average molecular weight is 286 g/mol. The first kappa shape index (κ1) is 36.3. The third-order valence-electron chi connectivity index (χ3n) is 0. The third-order valence-corrected chi connectivity index (χ3v) is 0. The van der Waals surface area contributed by atoms with E-state index in [-0.39, 0.29) is 88.7 Å². The Hall–Kier alpha value is 2.52. The van der Waals surface area contributed by atoms with Crippen LogP contribution in [-0.2, 0) is 9.36 Å². The Morgan fingerprint density at radius 2 is 1.06 bits per heavy atom. The molecule has 9 nitrogen and oxygen atoms in total. The molecule has 0 aliphatic heterocycles. The summed E-state index contributed by atoms with van der Waals surface area (Å²) in [6, 6.07) is 0. The predicted molar refractivity (Wildman–Crippen MR) is 33.3 cm³/mol. The first-order chi connectivity index (χ1) is 5.46. The van der Waals surface area contributed by atoms with E-state index < -0.39 is 21.1 Å². The number of rotatable bonds is 0. The summed E-state index contributed by atoms with van der Waals surface area (Å²) in [6.45, 7) is 1.08. The Kier molecular flexibility index (Phi) is 51.4. The van der Waals surface area contributed by atoms with Crippen LogP contribution >= 0.6 is 7.82 Å². The van der Waals surface area contributed by atoms with Crippen molar-refractivity contribution in [3.05, 3.63) is 0 Å². The molecule has 4 N–H and O–H groups in total. The molecule has 0 aliphatic rings. The Morgan fingerprint density at radius 1 is 1.06 bits per heavy atom. The van der Waals surface area contributed by atoms with E-state index in [1.807, 2.05) is 0 Å². The molecule has 0 fully saturated rings. The molecule has 0 aromatic rings. The van der Waals surface area contributed by atoms with E-state index in [4.69, 9.17) is 44.2 Å². The van der Waals surface area contributed by atoms with Crippen LogP contribution in [0.25, 0.3) is 0 Å². The number of carboxylic acid groups (broad SMARTS) is 1. The van der Waals surface area contributed by atoms with Gasteiger partial charge in [0.15, 0.2) is 0 Å². The van der Waals surface area contributed by atoms with Gasteiger partial charge >= 0.3 is 96.5 Å². The van der Waals surface area contributed by atoms with Gasteiger partial charge in [0.2, 0.25) is 0 Å². The molecule has 0 atom stereocenters. The Morgan fingerprint density at radius 3 is 1.06 bits per heavy atom. The second kappa shape index (κ2) is 22.7. The molecule has 0 saturated heterocycles. The van der Waals surface area contributed by atoms with Gasteiger partial charge in [-0.15, -0.1) is 0 Å². The first-order valence-corrected chi connectivity index (χ1v) is 3.98. The Labute approximate surface area is 159 Å². The van der Waals surface area contributed by atoms with Crippen LogP contribution in [0.15, 0.2) is 0 Å². The van der Waals surface area contributed by atoms with Gasteiger partial charge in [-0.2, -0.15) is 0 Å². The second-order valence-electron chi connectivity index (χ2n) is 1.32. The molecule has 0 radical (unpaired) electrons. The SMILES string of the molecule is CC(=O)O.O=P(O)(O)O.[Na+].[Na+].[Na+].[O-]B([O-])[O-]. The fourth-order valence-corrected chi connectivity index (χ4v) is 0. The predicted octanol–water partition coefficient (Wildman–Crippen LogP) is -13.8. The summed E-state index contributed by atoms with van der Waals surface area (Å²) in [5.41, 5.74) is 0. The normalized spacial score (nSPS) is 6.94. The van der Waals surface area contributed by atoms with Gasteiger partial charge in [-0.3, -0.25) is 12.1 Å². The molecule has 0 aromatic carbocycles. The maximum Gasteiger partial charge on any atom is 1.00 e. The van der Waals surface area contributed by atoms with Crippen molar-refractivity contribution in [2.75, 3.05) is 0 Å². The van der Waals surface area contributed by atoms with E-state index in [2.05, 4.69) is 0 Å². The maximum atomic E-state index is 9.00. The molecule has 0 bridgehead atoms. The van der Waals surface area contributed by atoms with Crippen LogP contribution in [-0.4, -0.2) is 33.1 Å². The molecule has 0 aromatic heterocycles. The average Bonchev–Trinajstić information content (AvgIpc) is 1.50. The minimum atomic E-state index is -4.64. The Balaban J connectivity index is -0.0000000216. The van der Waals surface area contributed by atoms with Crippen LogP contribution in [0, 0.1) is 0 Å². The van der Waals surface area contributed by atoms with E-state index in [0.717, 1.165) is 6.92 Å². The summed E-state index contributed by atoms with van der Waals surface area (Å²) in [6.07, 6.45) is 0. The molecule has 0 spiro atoms. The molecule has 0 saturated carbocycles. The number of hydrogen-bond donors (Lipinski definition) is 4. The quantitative estimate of drug-likeness (QED) is 0.248. The molecule has 0 heterocycles. The summed E-state index contributed by atoms with van der Waals surface area (Å²) in [4.78, 5) is 30.6. The minimum absolute atomic E-state index is 0. The van der Waals surface area contributed by atoms with Gasteiger partial charge in [0, 0.05) is 6.92 Å². The van der Waals surface area contributed by atoms with Crippen LogP contribution in [0.1, 0.15) is 6.92 Å². The van der Waals surface area contributed by atoms with Gasteiger partial charge in [-0.05, 0) is 0 Å². The van der Waals surface area contributed by atoms with Crippen LogP contribution < -0.4 is 104 Å². The summed E-state index contributed by atoms with van der Waals surface area (Å²) in [5, 5.41) is 32.7. The molecular formula is C2H7BNa3O9P. The Bertz CT molecular complexity index is 157. The van der Waals surface area contributed by atoms with Crippen molar-refractivity contribution in [2.45, 2.75) is 6.92 Å². The zero-order chi connectivity index (χ0) is 11.7. The van der Waals surface area contributed by atoms with E-state index in [0.29, 0.717) is 0 Å². The molecule has 16 heavy (non-hydrogen) atoms. The van der Waals surface area contributed by atoms with E-state index in [1.165, 1.54) is 0 Å². The van der Waals surface area contributed by atoms with Gasteiger partial charge in [0.25, 0.3) is 5.97 Å². The summed E-state index contributed by atoms with van der Waals surface area (Å²) < 4.78 is 8.88. The second-order valence-corrected chi connectivity index (χ2v) is 2.35. The fraction of sp³-hybridized carbons (Fsp3) is 0.500. The van der Waals surface area contributed by atoms with Crippen molar-refractivity contribution in [3.8, 4) is 0 Å². The zero-order valence-electron chi connectivity index (χ0n) is 9.35. The van der Waals surface area contributed by atoms with Crippen molar-refractivity contribution in [1.82, 2.24) is 0 Å². The van der Waals surface area contributed by atoms with E-state index in [9.17, 15) is 0 Å². The van der Waals surface area contributed by atoms with E-state index >= 15 is 0 Å². The minimum Gasteiger partial charge on any atom is -0.907 e. The van der Waals surface area contributed by atoms with Gasteiger partial charge in [-0.1, -0.05) is 0 Å². The van der Waals surface area contributed by atoms with Crippen molar-refractivity contribution in [3.63, 3.8) is 0 Å². The standard InChI is InChI=1S/C2H4O2.BO3.3Na.H3O4P/c1-2(3)4;2-1(3)4;;;;1-5(2,3)4/h1H3,(H,3,4);;;;;(H3,1,2,3,4)/q;-3;3*+1;. The first-order valence-electron chi connectivity index (χ1n) is 2.42. The molecule has 0 rings (SSSR count). The van der Waals surface area contributed by atoms with Gasteiger partial charge in [-0.25, -0.2) is 4.57 Å².